The Morgan fingerprint density at radius 3 is 2.65 bits per heavy atom. The van der Waals surface area contributed by atoms with Crippen LogP contribution in [0.15, 0.2) is 54.4 Å². The minimum absolute atomic E-state index is 0.0331. The van der Waals surface area contributed by atoms with Crippen molar-refractivity contribution in [1.29, 1.82) is 0 Å². The average Bonchev–Trinajstić information content (AvgIpc) is 3.38. The molecule has 8 heteroatoms. The van der Waals surface area contributed by atoms with Crippen molar-refractivity contribution in [1.82, 2.24) is 25.0 Å². The summed E-state index contributed by atoms with van der Waals surface area (Å²) in [6, 6.07) is 11.2. The number of nitrogens with zero attached hydrogens (tertiary/aromatic N) is 4. The van der Waals surface area contributed by atoms with E-state index in [-0.39, 0.29) is 24.4 Å². The summed E-state index contributed by atoms with van der Waals surface area (Å²) in [5.74, 6) is -0.380. The molecule has 134 valence electrons. The van der Waals surface area contributed by atoms with Gasteiger partial charge in [0.2, 0.25) is 5.91 Å². The Bertz CT molecular complexity index is 860. The maximum Gasteiger partial charge on any atom is 0.261 e. The van der Waals surface area contributed by atoms with Gasteiger partial charge in [0.25, 0.3) is 5.91 Å². The molecule has 7 nitrogen and oxygen atoms in total. The van der Waals surface area contributed by atoms with Crippen LogP contribution < -0.4 is 5.32 Å². The topological polar surface area (TPSA) is 80.1 Å². The second-order valence-corrected chi connectivity index (χ2v) is 6.72. The summed E-state index contributed by atoms with van der Waals surface area (Å²) in [5, 5.41) is 8.58. The van der Waals surface area contributed by atoms with E-state index in [4.69, 9.17) is 0 Å². The molecule has 1 atom stereocenters. The summed E-state index contributed by atoms with van der Waals surface area (Å²) in [7, 11) is 1.73. The number of hydrogen-bond acceptors (Lipinski definition) is 5. The van der Waals surface area contributed by atoms with Gasteiger partial charge in [-0.05, 0) is 36.1 Å². The van der Waals surface area contributed by atoms with E-state index in [1.54, 1.807) is 35.1 Å². The van der Waals surface area contributed by atoms with Gasteiger partial charge in [0.15, 0.2) is 0 Å². The predicted molar refractivity (Wildman–Crippen MR) is 99.2 cm³/mol. The van der Waals surface area contributed by atoms with Crippen molar-refractivity contribution >= 4 is 23.2 Å². The summed E-state index contributed by atoms with van der Waals surface area (Å²) < 4.78 is 1.67. The van der Waals surface area contributed by atoms with Crippen molar-refractivity contribution in [3.8, 4) is 5.69 Å². The van der Waals surface area contributed by atoms with Crippen LogP contribution in [-0.2, 0) is 4.79 Å². The molecule has 3 aromatic rings. The number of hydrogen-bond donors (Lipinski definition) is 1. The van der Waals surface area contributed by atoms with E-state index in [0.717, 1.165) is 11.3 Å². The molecule has 26 heavy (non-hydrogen) atoms. The van der Waals surface area contributed by atoms with E-state index in [1.807, 2.05) is 36.6 Å². The van der Waals surface area contributed by atoms with E-state index < -0.39 is 0 Å². The monoisotopic (exact) mass is 369 g/mol. The molecule has 0 unspecified atom stereocenters. The molecular weight excluding hydrogens is 350 g/mol. The first-order chi connectivity index (χ1) is 12.6. The average molecular weight is 369 g/mol. The minimum atomic E-state index is -0.230. The van der Waals surface area contributed by atoms with E-state index in [0.29, 0.717) is 4.88 Å². The maximum absolute atomic E-state index is 12.4. The van der Waals surface area contributed by atoms with Crippen molar-refractivity contribution in [3.05, 3.63) is 64.9 Å². The number of likely N-dealkylation sites (N-methyl/N-ethyl adjacent to an activating group) is 1. The molecule has 2 aromatic heterocycles. The second-order valence-electron chi connectivity index (χ2n) is 5.77. The molecule has 3 rings (SSSR count). The molecule has 0 fully saturated rings. The van der Waals surface area contributed by atoms with Gasteiger partial charge in [0, 0.05) is 7.05 Å². The quantitative estimate of drug-likeness (QED) is 0.723. The van der Waals surface area contributed by atoms with Crippen LogP contribution in [0.3, 0.4) is 0 Å². The Morgan fingerprint density at radius 2 is 2.04 bits per heavy atom. The molecule has 1 aromatic carbocycles. The number of carbonyl (C=O) groups is 2. The van der Waals surface area contributed by atoms with Crippen LogP contribution in [0.1, 0.15) is 28.2 Å². The summed E-state index contributed by atoms with van der Waals surface area (Å²) in [6.45, 7) is 1.91. The maximum atomic E-state index is 12.4. The number of thiophene rings is 1. The smallest absolute Gasteiger partial charge is 0.261 e. The van der Waals surface area contributed by atoms with E-state index in [9.17, 15) is 9.59 Å². The van der Waals surface area contributed by atoms with Gasteiger partial charge in [0.1, 0.15) is 12.7 Å². The van der Waals surface area contributed by atoms with Gasteiger partial charge in [-0.2, -0.15) is 5.10 Å². The van der Waals surface area contributed by atoms with Crippen molar-refractivity contribution < 1.29 is 9.59 Å². The van der Waals surface area contributed by atoms with E-state index in [1.165, 1.54) is 17.7 Å². The highest BCUT2D eigenvalue weighted by Crippen LogP contribution is 2.20. The van der Waals surface area contributed by atoms with Gasteiger partial charge < -0.3 is 10.2 Å². The fraction of sp³-hybridized carbons (Fsp3) is 0.222. The van der Waals surface area contributed by atoms with E-state index >= 15 is 0 Å². The van der Waals surface area contributed by atoms with Gasteiger partial charge in [-0.1, -0.05) is 18.2 Å². The van der Waals surface area contributed by atoms with Crippen molar-refractivity contribution in [2.45, 2.75) is 13.0 Å². The molecule has 0 aliphatic heterocycles. The molecule has 0 bridgehead atoms. The standard InChI is InChI=1S/C18H19N5O2S/c1-13(14-5-7-15(8-6-14)23-12-19-11-21-23)22(2)17(24)10-20-18(25)16-4-3-9-26-16/h3-9,11-13H,10H2,1-2H3,(H,20,25)/t13-/m0/s1. The fourth-order valence-electron chi connectivity index (χ4n) is 2.46. The van der Waals surface area contributed by atoms with Crippen molar-refractivity contribution in [3.63, 3.8) is 0 Å². The lowest BCUT2D eigenvalue weighted by Crippen LogP contribution is -2.39. The lowest BCUT2D eigenvalue weighted by atomic mass is 10.1. The number of nitrogens with one attached hydrogen (secondary N) is 1. The summed E-state index contributed by atoms with van der Waals surface area (Å²) in [5.41, 5.74) is 1.89. The molecule has 0 aliphatic carbocycles. The lowest BCUT2D eigenvalue weighted by Gasteiger charge is -2.25. The Labute approximate surface area is 155 Å². The first-order valence-corrected chi connectivity index (χ1v) is 8.96. The van der Waals surface area contributed by atoms with Gasteiger partial charge in [0.05, 0.1) is 23.2 Å². The van der Waals surface area contributed by atoms with Crippen LogP contribution in [-0.4, -0.2) is 45.1 Å². The highest BCUT2D eigenvalue weighted by Gasteiger charge is 2.18. The highest BCUT2D eigenvalue weighted by molar-refractivity contribution is 7.12. The third-order valence-corrected chi connectivity index (χ3v) is 5.05. The van der Waals surface area contributed by atoms with Crippen LogP contribution in [0.5, 0.6) is 0 Å². The first kappa shape index (κ1) is 17.8. The van der Waals surface area contributed by atoms with Crippen LogP contribution in [0.25, 0.3) is 5.69 Å². The molecule has 0 spiro atoms. The molecule has 0 radical (unpaired) electrons. The minimum Gasteiger partial charge on any atom is -0.342 e. The summed E-state index contributed by atoms with van der Waals surface area (Å²) >= 11 is 1.35. The number of amides is 2. The van der Waals surface area contributed by atoms with Gasteiger partial charge in [-0.25, -0.2) is 9.67 Å². The fourth-order valence-corrected chi connectivity index (χ4v) is 3.10. The predicted octanol–water partition coefficient (Wildman–Crippen LogP) is 2.28. The van der Waals surface area contributed by atoms with Gasteiger partial charge in [-0.15, -0.1) is 11.3 Å². The number of carbonyl (C=O) groups excluding carboxylic acids is 2. The molecule has 0 aliphatic rings. The SMILES string of the molecule is C[C@@H](c1ccc(-n2cncn2)cc1)N(C)C(=O)CNC(=O)c1cccs1. The van der Waals surface area contributed by atoms with Crippen LogP contribution >= 0.6 is 11.3 Å². The van der Waals surface area contributed by atoms with Crippen LogP contribution in [0.2, 0.25) is 0 Å². The highest BCUT2D eigenvalue weighted by atomic mass is 32.1. The van der Waals surface area contributed by atoms with Crippen LogP contribution in [0.4, 0.5) is 0 Å². The van der Waals surface area contributed by atoms with Gasteiger partial charge in [-0.3, -0.25) is 9.59 Å². The molecule has 2 heterocycles. The first-order valence-electron chi connectivity index (χ1n) is 8.08. The Morgan fingerprint density at radius 1 is 1.27 bits per heavy atom. The summed E-state index contributed by atoms with van der Waals surface area (Å²) in [4.78, 5) is 30.5. The molecule has 0 saturated heterocycles. The number of benzene rings is 1. The molecule has 2 amide bonds. The normalized spacial score (nSPS) is 11.8. The molecule has 0 saturated carbocycles. The van der Waals surface area contributed by atoms with Gasteiger partial charge >= 0.3 is 0 Å². The number of aromatic nitrogens is 3. The molecule has 1 N–H and O–H groups in total. The largest absolute Gasteiger partial charge is 0.342 e. The zero-order valence-electron chi connectivity index (χ0n) is 14.5. The Kier molecular flexibility index (Phi) is 5.43. The lowest BCUT2D eigenvalue weighted by molar-refractivity contribution is -0.130. The zero-order chi connectivity index (χ0) is 18.5. The summed E-state index contributed by atoms with van der Waals surface area (Å²) in [6.07, 6.45) is 3.11. The second kappa shape index (κ2) is 7.92. The zero-order valence-corrected chi connectivity index (χ0v) is 15.3. The third-order valence-electron chi connectivity index (χ3n) is 4.18. The van der Waals surface area contributed by atoms with E-state index in [2.05, 4.69) is 15.4 Å². The molecular formula is C18H19N5O2S. The number of rotatable bonds is 6. The van der Waals surface area contributed by atoms with Crippen molar-refractivity contribution in [2.75, 3.05) is 13.6 Å². The van der Waals surface area contributed by atoms with Crippen molar-refractivity contribution in [2.24, 2.45) is 0 Å². The third kappa shape index (κ3) is 3.97. The van der Waals surface area contributed by atoms with Crippen LogP contribution in [0, 0.1) is 0 Å². The Balaban J connectivity index is 1.58. The Hall–Kier alpha value is -3.00.